The number of unbranched alkanes of at least 4 members (excludes halogenated alkanes) is 2. The highest BCUT2D eigenvalue weighted by molar-refractivity contribution is 5.82. The van der Waals surface area contributed by atoms with Crippen LogP contribution in [0.2, 0.25) is 0 Å². The average Bonchev–Trinajstić information content (AvgIpc) is 0.804. The summed E-state index contributed by atoms with van der Waals surface area (Å²) in [5.74, 6) is 1.76. The zero-order valence-corrected chi connectivity index (χ0v) is 109. The molecule has 0 atom stereocenters. The normalized spacial score (nSPS) is 8.42. The lowest BCUT2D eigenvalue weighted by Gasteiger charge is -2.26. The van der Waals surface area contributed by atoms with Crippen molar-refractivity contribution in [3.63, 3.8) is 0 Å². The van der Waals surface area contributed by atoms with Gasteiger partial charge in [-0.15, -0.1) is 0 Å². The Balaban J connectivity index is -0.0000000914. The molecule has 0 N–H and O–H groups in total. The highest BCUT2D eigenvalue weighted by Crippen LogP contribution is 2.32. The van der Waals surface area contributed by atoms with E-state index in [9.17, 15) is 0 Å². The van der Waals surface area contributed by atoms with Crippen molar-refractivity contribution >= 4 is 10.8 Å². The van der Waals surface area contributed by atoms with Gasteiger partial charge in [0.25, 0.3) is 0 Å². The van der Waals surface area contributed by atoms with E-state index in [2.05, 4.69) is 406 Å². The van der Waals surface area contributed by atoms with Crippen LogP contribution in [0.25, 0.3) is 21.9 Å². The summed E-state index contributed by atoms with van der Waals surface area (Å²) in [7, 11) is 0. The quantitative estimate of drug-likeness (QED) is 0.0826. The standard InChI is InChI=1S/C17H20.C15H16.C14H14O.C14H14.C10H8.C9H12.C8H10.C7H8.C6H10.2C4H10.C4H8.2C3H8.15C2H6/c1-13-5-9-15(10-6-13)17(3,4)16-11-7-14(2)8-12-16;1-12-3-7-14(8-4-12)11-15-9-5-13(2)6-10-15;1-11-3-7-13(8-4-11)15-14-9-5-12(2)6-10-14;1-11-3-7-13(8-4-11)14-9-5-12(2)6-10-14;1-2-6-10-8-4-3-7-9(10)5-1;1-2-6-9-7-4-3-5-8-9;1-2-8-6-4-3-5-7-8;1-7-5-3-2-4-6-7;1-3-5-6-4-2;3*1-3-4-2;2*1-3-2;15*1-2/h5-12H,1-4H3;3-10H,11H2,1-2H3;3-10H,1-2H3;3-10H,1-2H3;1-8H;3-5,7-8H,2,6H2,1H3;3-7H,2H2,1H3;2-6H,1H3;3-6H,1-2H3;2*3-4H2,1-2H3;3-4H,1-2H3;2*3H2,1-2H3;15*1-2H3. The monoisotopic (exact) mass is 2040 g/mol. The zero-order chi connectivity index (χ0) is 119. The lowest BCUT2D eigenvalue weighted by molar-refractivity contribution is 0.482. The molecule has 13 rings (SSSR count). The van der Waals surface area contributed by atoms with Gasteiger partial charge < -0.3 is 4.74 Å². The van der Waals surface area contributed by atoms with Crippen molar-refractivity contribution in [2.45, 2.75) is 450 Å². The van der Waals surface area contributed by atoms with E-state index in [0.717, 1.165) is 24.3 Å². The zero-order valence-electron chi connectivity index (χ0n) is 109. The van der Waals surface area contributed by atoms with Crippen LogP contribution in [0.15, 0.2) is 370 Å². The number of hydrogen-bond acceptors (Lipinski definition) is 1. The molecule has 0 saturated carbocycles. The van der Waals surface area contributed by atoms with E-state index in [1.165, 1.54) is 157 Å². The summed E-state index contributed by atoms with van der Waals surface area (Å²) < 4.78 is 5.69. The number of fused-ring (bicyclic) bond motifs is 1. The molecule has 13 aromatic rings. The fourth-order valence-electron chi connectivity index (χ4n) is 10.1. The molecule has 0 aliphatic carbocycles. The van der Waals surface area contributed by atoms with E-state index in [0.29, 0.717) is 0 Å². The summed E-state index contributed by atoms with van der Waals surface area (Å²) in [6.07, 6.45) is 24.4. The van der Waals surface area contributed by atoms with Gasteiger partial charge in [-0.1, -0.05) is 732 Å². The van der Waals surface area contributed by atoms with Crippen LogP contribution in [0.4, 0.5) is 0 Å². The maximum absolute atomic E-state index is 5.69. The van der Waals surface area contributed by atoms with E-state index >= 15 is 0 Å². The second-order valence-electron chi connectivity index (χ2n) is 30.2. The predicted molar refractivity (Wildman–Crippen MR) is 708 cm³/mol. The van der Waals surface area contributed by atoms with Gasteiger partial charge in [0.2, 0.25) is 0 Å². The van der Waals surface area contributed by atoms with Gasteiger partial charge >= 0.3 is 0 Å². The van der Waals surface area contributed by atoms with E-state index in [1.807, 2.05) is 345 Å². The fraction of sp³-hybridized carbons (Fsp3) is 0.446. The Morgan fingerprint density at radius 2 is 0.383 bits per heavy atom. The molecular formula is C148H246O. The van der Waals surface area contributed by atoms with Crippen molar-refractivity contribution in [2.75, 3.05) is 0 Å². The predicted octanol–water partition coefficient (Wildman–Crippen LogP) is 51.9. The van der Waals surface area contributed by atoms with Crippen molar-refractivity contribution in [2.24, 2.45) is 0 Å². The van der Waals surface area contributed by atoms with Gasteiger partial charge in [-0.25, -0.2) is 0 Å². The molecule has 0 aliphatic rings. The third-order valence-corrected chi connectivity index (χ3v) is 18.0. The summed E-state index contributed by atoms with van der Waals surface area (Å²) >= 11 is 0. The summed E-state index contributed by atoms with van der Waals surface area (Å²) in [5.41, 5.74) is 22.7. The minimum atomic E-state index is 0.0708. The van der Waals surface area contributed by atoms with Crippen molar-refractivity contribution in [3.8, 4) is 22.6 Å². The maximum atomic E-state index is 5.69. The van der Waals surface area contributed by atoms with Crippen LogP contribution in [-0.4, -0.2) is 0 Å². The maximum Gasteiger partial charge on any atom is 0.127 e. The molecule has 844 valence electrons. The smallest absolute Gasteiger partial charge is 0.127 e. The molecular weight excluding hydrogens is 1790 g/mol. The summed E-state index contributed by atoms with van der Waals surface area (Å²) in [6.45, 7) is 113. The number of benzene rings is 13. The summed E-state index contributed by atoms with van der Waals surface area (Å²) in [5, 5.41) is 2.62. The van der Waals surface area contributed by atoms with Crippen LogP contribution < -0.4 is 4.74 Å². The Morgan fingerprint density at radius 1 is 0.195 bits per heavy atom. The Bertz CT molecular complexity index is 4150. The molecule has 0 unspecified atom stereocenters. The fourth-order valence-corrected chi connectivity index (χ4v) is 10.1. The van der Waals surface area contributed by atoms with Gasteiger partial charge in [0.05, 0.1) is 0 Å². The second kappa shape index (κ2) is 150. The Morgan fingerprint density at radius 3 is 0.564 bits per heavy atom. The van der Waals surface area contributed by atoms with Crippen LogP contribution >= 0.6 is 0 Å². The number of ether oxygens (including phenoxy) is 1. The molecule has 0 saturated heterocycles. The second-order valence-corrected chi connectivity index (χ2v) is 30.2. The molecule has 0 aromatic heterocycles. The lowest BCUT2D eigenvalue weighted by Crippen LogP contribution is -2.18. The number of rotatable bonds is 13. The lowest BCUT2D eigenvalue weighted by atomic mass is 9.78. The molecule has 0 spiro atoms. The van der Waals surface area contributed by atoms with Gasteiger partial charge in [0, 0.05) is 5.41 Å². The first kappa shape index (κ1) is 174. The molecule has 13 aromatic carbocycles. The van der Waals surface area contributed by atoms with E-state index in [1.54, 1.807) is 0 Å². The van der Waals surface area contributed by atoms with Crippen LogP contribution in [0, 0.1) is 62.3 Å². The molecule has 0 radical (unpaired) electrons. The SMILES string of the molecule is CC.CC.CC.CC.CC.CC.CC.CC.CC.CC.CC.CC.CC.CC.CC.CC=CC.CC=CC=CC.CCC.CCC.CCCC.CCCC.CCCc1ccccc1.CCc1ccccc1.Cc1ccc(-c2ccc(C)cc2)cc1.Cc1ccc(C(C)(C)c2ccc(C)cc2)cc1.Cc1ccc(Cc2ccc(C)cc2)cc1.Cc1ccc(Oc2ccc(C)cc2)cc1.Cc1ccccc1.c1ccc2ccccc2c1. The van der Waals surface area contributed by atoms with E-state index in [-0.39, 0.29) is 5.41 Å². The van der Waals surface area contributed by atoms with Crippen LogP contribution in [-0.2, 0) is 24.7 Å². The van der Waals surface area contributed by atoms with Crippen LogP contribution in [0.3, 0.4) is 0 Å². The summed E-state index contributed by atoms with van der Waals surface area (Å²) in [4.78, 5) is 0. The van der Waals surface area contributed by atoms with E-state index < -0.39 is 0 Å². The molecule has 0 bridgehead atoms. The first-order valence-electron chi connectivity index (χ1n) is 59.0. The molecule has 149 heavy (non-hydrogen) atoms. The van der Waals surface area contributed by atoms with Crippen molar-refractivity contribution < 1.29 is 4.74 Å². The van der Waals surface area contributed by atoms with Crippen LogP contribution in [0.1, 0.15) is 447 Å². The number of aryl methyl sites for hydroxylation is 11. The first-order chi connectivity index (χ1) is 72.4. The molecule has 0 heterocycles. The minimum absolute atomic E-state index is 0.0708. The number of allylic oxidation sites excluding steroid dienone is 6. The Labute approximate surface area is 935 Å². The Hall–Kier alpha value is -10.9. The number of hydrogen-bond donors (Lipinski definition) is 0. The van der Waals surface area contributed by atoms with Crippen molar-refractivity contribution in [3.05, 3.63) is 454 Å². The van der Waals surface area contributed by atoms with Gasteiger partial charge in [-0.05, 0) is 189 Å². The topological polar surface area (TPSA) is 9.23 Å². The molecule has 0 fully saturated rings. The van der Waals surface area contributed by atoms with E-state index in [4.69, 9.17) is 4.74 Å². The Kier molecular flexibility index (Phi) is 175. The molecule has 0 amide bonds. The average molecular weight is 2040 g/mol. The highest BCUT2D eigenvalue weighted by Gasteiger charge is 2.22. The molecule has 1 nitrogen and oxygen atoms in total. The molecule has 1 heteroatoms. The van der Waals surface area contributed by atoms with Gasteiger partial charge in [0.15, 0.2) is 0 Å². The minimum Gasteiger partial charge on any atom is -0.457 e. The first-order valence-corrected chi connectivity index (χ1v) is 59.0. The van der Waals surface area contributed by atoms with Gasteiger partial charge in [0.1, 0.15) is 11.5 Å². The largest absolute Gasteiger partial charge is 0.457 e. The summed E-state index contributed by atoms with van der Waals surface area (Å²) in [6, 6.07) is 117. The molecule has 0 aliphatic heterocycles. The van der Waals surface area contributed by atoms with Gasteiger partial charge in [-0.3, -0.25) is 0 Å². The highest BCUT2D eigenvalue weighted by atomic mass is 16.5. The van der Waals surface area contributed by atoms with Crippen molar-refractivity contribution in [1.29, 1.82) is 0 Å². The van der Waals surface area contributed by atoms with Gasteiger partial charge in [-0.2, -0.15) is 0 Å². The van der Waals surface area contributed by atoms with Crippen LogP contribution in [0.5, 0.6) is 11.5 Å². The third-order valence-electron chi connectivity index (χ3n) is 18.0. The third kappa shape index (κ3) is 117. The van der Waals surface area contributed by atoms with Crippen molar-refractivity contribution in [1.82, 2.24) is 0 Å².